The summed E-state index contributed by atoms with van der Waals surface area (Å²) < 4.78 is 5.91. The van der Waals surface area contributed by atoms with Gasteiger partial charge in [0.1, 0.15) is 5.69 Å². The van der Waals surface area contributed by atoms with Crippen LogP contribution in [0.3, 0.4) is 0 Å². The van der Waals surface area contributed by atoms with E-state index in [1.54, 1.807) is 0 Å². The van der Waals surface area contributed by atoms with Crippen LogP contribution in [0.1, 0.15) is 49.7 Å². The molecule has 3 N–H and O–H groups in total. The van der Waals surface area contributed by atoms with Gasteiger partial charge in [-0.15, -0.1) is 0 Å². The van der Waals surface area contributed by atoms with E-state index >= 15 is 0 Å². The van der Waals surface area contributed by atoms with Gasteiger partial charge in [0, 0.05) is 13.1 Å². The highest BCUT2D eigenvalue weighted by Gasteiger charge is 2.28. The van der Waals surface area contributed by atoms with Crippen molar-refractivity contribution in [3.05, 3.63) is 35.4 Å². The molecule has 2 aromatic rings. The summed E-state index contributed by atoms with van der Waals surface area (Å²) in [5.41, 5.74) is 9.10. The summed E-state index contributed by atoms with van der Waals surface area (Å²) >= 11 is 0. The smallest absolute Gasteiger partial charge is 0.320 e. The van der Waals surface area contributed by atoms with Crippen molar-refractivity contribution in [1.29, 1.82) is 0 Å². The van der Waals surface area contributed by atoms with Gasteiger partial charge in [-0.3, -0.25) is 9.69 Å². The highest BCUT2D eigenvalue weighted by molar-refractivity contribution is 6.03. The number of benzene rings is 1. The van der Waals surface area contributed by atoms with Crippen LogP contribution in [0.5, 0.6) is 6.01 Å². The number of nitrogen functional groups attached to an aromatic ring is 1. The predicted octanol–water partition coefficient (Wildman–Crippen LogP) is 3.18. The number of ether oxygens (including phenoxy) is 1. The lowest BCUT2D eigenvalue weighted by Crippen LogP contribution is -2.39. The molecule has 8 nitrogen and oxygen atoms in total. The largest absolute Gasteiger partial charge is 0.463 e. The van der Waals surface area contributed by atoms with Crippen molar-refractivity contribution in [1.82, 2.24) is 14.9 Å². The van der Waals surface area contributed by atoms with Crippen molar-refractivity contribution < 1.29 is 9.53 Å². The normalized spacial score (nSPS) is 19.2. The minimum atomic E-state index is -0.111. The molecular formula is C24H32N6O2. The van der Waals surface area contributed by atoms with Gasteiger partial charge < -0.3 is 20.7 Å². The first kappa shape index (κ1) is 21.0. The van der Waals surface area contributed by atoms with Crippen molar-refractivity contribution in [2.75, 3.05) is 42.2 Å². The number of fused-ring (bicyclic) bond motifs is 1. The lowest BCUT2D eigenvalue weighted by atomic mass is 10.1. The summed E-state index contributed by atoms with van der Waals surface area (Å²) in [5, 5.41) is 2.84. The first-order valence-corrected chi connectivity index (χ1v) is 11.8. The molecule has 0 radical (unpaired) electrons. The van der Waals surface area contributed by atoms with Crippen LogP contribution < -0.4 is 20.7 Å². The van der Waals surface area contributed by atoms with Crippen molar-refractivity contribution in [3.8, 4) is 6.01 Å². The van der Waals surface area contributed by atoms with Gasteiger partial charge in [-0.2, -0.15) is 9.97 Å². The molecule has 1 saturated carbocycles. The van der Waals surface area contributed by atoms with E-state index in [1.807, 2.05) is 4.90 Å². The van der Waals surface area contributed by atoms with E-state index < -0.39 is 0 Å². The van der Waals surface area contributed by atoms with E-state index in [0.29, 0.717) is 30.6 Å². The number of hydrogen-bond donors (Lipinski definition) is 2. The van der Waals surface area contributed by atoms with Crippen LogP contribution in [0, 0.1) is 5.92 Å². The molecule has 0 atom stereocenters. The summed E-state index contributed by atoms with van der Waals surface area (Å²) in [6, 6.07) is 8.88. The molecule has 0 spiro atoms. The number of nitrogens with two attached hydrogens (primary N) is 1. The molecule has 0 unspecified atom stereocenters. The maximum atomic E-state index is 12.4. The van der Waals surface area contributed by atoms with Crippen LogP contribution >= 0.6 is 0 Å². The second-order valence-electron chi connectivity index (χ2n) is 9.26. The standard InChI is InChI=1S/C24H32N6O2/c25-22-21-23(28-24(27-22)32-16-17-6-1-2-7-17)30(15-20(31)26-21)14-19-9-5-8-18(12-19)13-29-10-3-4-11-29/h5,8-9,12,17H,1-4,6-7,10-11,13-16H2,(H,26,31)(H2,25,27,28). The molecule has 0 bridgehead atoms. The van der Waals surface area contributed by atoms with Crippen LogP contribution in [0.4, 0.5) is 17.3 Å². The quantitative estimate of drug-likeness (QED) is 0.688. The number of anilines is 3. The van der Waals surface area contributed by atoms with Gasteiger partial charge in [0.25, 0.3) is 0 Å². The Morgan fingerprint density at radius 3 is 2.59 bits per heavy atom. The molecule has 1 amide bonds. The zero-order valence-corrected chi connectivity index (χ0v) is 18.6. The van der Waals surface area contributed by atoms with Crippen molar-refractivity contribution in [2.24, 2.45) is 5.92 Å². The monoisotopic (exact) mass is 436 g/mol. The predicted molar refractivity (Wildman–Crippen MR) is 125 cm³/mol. The number of nitrogens with one attached hydrogen (secondary N) is 1. The SMILES string of the molecule is Nc1nc(OCC2CCCC2)nc2c1NC(=O)CN2Cc1cccc(CN2CCCC2)c1. The summed E-state index contributed by atoms with van der Waals surface area (Å²) in [7, 11) is 0. The van der Waals surface area contributed by atoms with E-state index in [2.05, 4.69) is 44.5 Å². The molecule has 3 aliphatic rings. The Balaban J connectivity index is 1.34. The number of likely N-dealkylation sites (tertiary alicyclic amines) is 1. The van der Waals surface area contributed by atoms with Crippen LogP contribution in [0.15, 0.2) is 24.3 Å². The highest BCUT2D eigenvalue weighted by Crippen LogP contribution is 2.35. The number of hydrogen-bond acceptors (Lipinski definition) is 7. The summed E-state index contributed by atoms with van der Waals surface area (Å²) in [6.07, 6.45) is 7.47. The molecule has 1 aliphatic carbocycles. The Bertz CT molecular complexity index is 969. The number of aromatic nitrogens is 2. The fourth-order valence-corrected chi connectivity index (χ4v) is 5.03. The maximum absolute atomic E-state index is 12.4. The van der Waals surface area contributed by atoms with Crippen LogP contribution in [-0.2, 0) is 17.9 Å². The molecule has 5 rings (SSSR count). The summed E-state index contributed by atoms with van der Waals surface area (Å²) in [6.45, 7) is 4.73. The molecule has 32 heavy (non-hydrogen) atoms. The average molecular weight is 437 g/mol. The first-order chi connectivity index (χ1) is 15.6. The third kappa shape index (κ3) is 4.80. The number of carbonyl (C=O) groups excluding carboxylic acids is 1. The first-order valence-electron chi connectivity index (χ1n) is 11.8. The molecular weight excluding hydrogens is 404 g/mol. The maximum Gasteiger partial charge on any atom is 0.320 e. The molecule has 1 saturated heterocycles. The van der Waals surface area contributed by atoms with Crippen molar-refractivity contribution in [3.63, 3.8) is 0 Å². The van der Waals surface area contributed by atoms with Crippen molar-refractivity contribution in [2.45, 2.75) is 51.6 Å². The minimum absolute atomic E-state index is 0.111. The molecule has 1 aromatic carbocycles. The minimum Gasteiger partial charge on any atom is -0.463 e. The Labute approximate surface area is 189 Å². The van der Waals surface area contributed by atoms with Gasteiger partial charge >= 0.3 is 6.01 Å². The Hall–Kier alpha value is -2.87. The molecule has 2 fully saturated rings. The number of nitrogens with zero attached hydrogens (tertiary/aromatic N) is 4. The van der Waals surface area contributed by atoms with Crippen LogP contribution in [0.2, 0.25) is 0 Å². The van der Waals surface area contributed by atoms with Gasteiger partial charge in [-0.1, -0.05) is 37.1 Å². The van der Waals surface area contributed by atoms with E-state index in [0.717, 1.165) is 12.1 Å². The topological polar surface area (TPSA) is 96.6 Å². The molecule has 170 valence electrons. The van der Waals surface area contributed by atoms with Gasteiger partial charge in [0.05, 0.1) is 13.2 Å². The van der Waals surface area contributed by atoms with Crippen molar-refractivity contribution >= 4 is 23.2 Å². The Morgan fingerprint density at radius 2 is 1.81 bits per heavy atom. The average Bonchev–Trinajstić information content (AvgIpc) is 3.48. The third-order valence-corrected chi connectivity index (χ3v) is 6.69. The Morgan fingerprint density at radius 1 is 1.06 bits per heavy atom. The molecule has 3 heterocycles. The van der Waals surface area contributed by atoms with Crippen LogP contribution in [0.25, 0.3) is 0 Å². The van der Waals surface area contributed by atoms with Gasteiger partial charge in [0.15, 0.2) is 11.6 Å². The zero-order chi connectivity index (χ0) is 21.9. The van der Waals surface area contributed by atoms with Gasteiger partial charge in [-0.05, 0) is 55.8 Å². The lowest BCUT2D eigenvalue weighted by Gasteiger charge is -2.30. The van der Waals surface area contributed by atoms with Gasteiger partial charge in [0.2, 0.25) is 5.91 Å². The second kappa shape index (κ2) is 9.32. The van der Waals surface area contributed by atoms with E-state index in [-0.39, 0.29) is 24.3 Å². The lowest BCUT2D eigenvalue weighted by molar-refractivity contribution is -0.115. The number of rotatable bonds is 7. The van der Waals surface area contributed by atoms with Crippen LogP contribution in [-0.4, -0.2) is 47.0 Å². The fraction of sp³-hybridized carbons (Fsp3) is 0.542. The highest BCUT2D eigenvalue weighted by atomic mass is 16.5. The Kier molecular flexibility index (Phi) is 6.12. The van der Waals surface area contributed by atoms with E-state index in [1.165, 1.54) is 57.2 Å². The number of amides is 1. The van der Waals surface area contributed by atoms with E-state index in [4.69, 9.17) is 10.5 Å². The second-order valence-corrected chi connectivity index (χ2v) is 9.26. The summed E-state index contributed by atoms with van der Waals surface area (Å²) in [4.78, 5) is 25.7. The fourth-order valence-electron chi connectivity index (χ4n) is 5.03. The molecule has 8 heteroatoms. The zero-order valence-electron chi connectivity index (χ0n) is 18.6. The van der Waals surface area contributed by atoms with Gasteiger partial charge in [-0.25, -0.2) is 0 Å². The van der Waals surface area contributed by atoms with E-state index in [9.17, 15) is 4.79 Å². The molecule has 1 aromatic heterocycles. The number of carbonyl (C=O) groups is 1. The summed E-state index contributed by atoms with van der Waals surface area (Å²) in [5.74, 6) is 1.33. The molecule has 2 aliphatic heterocycles. The third-order valence-electron chi connectivity index (χ3n) is 6.69.